The van der Waals surface area contributed by atoms with Crippen LogP contribution in [0.25, 0.3) is 0 Å². The lowest BCUT2D eigenvalue weighted by Crippen LogP contribution is -2.27. The average molecular weight is 288 g/mol. The van der Waals surface area contributed by atoms with Crippen molar-refractivity contribution in [3.05, 3.63) is 29.3 Å². The lowest BCUT2D eigenvalue weighted by molar-refractivity contribution is 0.301. The number of hydrogen-bond acceptors (Lipinski definition) is 2. The number of rotatable bonds is 7. The first kappa shape index (κ1) is 16.4. The third kappa shape index (κ3) is 3.79. The Hall–Kier alpha value is -1.02. The molecule has 1 heterocycles. The van der Waals surface area contributed by atoms with Gasteiger partial charge < -0.3 is 10.2 Å². The fourth-order valence-corrected chi connectivity index (χ4v) is 3.53. The lowest BCUT2D eigenvalue weighted by Gasteiger charge is -2.28. The normalized spacial score (nSPS) is 17.4. The smallest absolute Gasteiger partial charge is 0.0412 e. The van der Waals surface area contributed by atoms with Gasteiger partial charge in [-0.05, 0) is 56.2 Å². The van der Waals surface area contributed by atoms with E-state index in [0.29, 0.717) is 5.41 Å². The third-order valence-corrected chi connectivity index (χ3v) is 5.26. The van der Waals surface area contributed by atoms with E-state index in [1.54, 1.807) is 0 Å². The predicted molar refractivity (Wildman–Crippen MR) is 93.0 cm³/mol. The van der Waals surface area contributed by atoms with Gasteiger partial charge in [0.25, 0.3) is 0 Å². The van der Waals surface area contributed by atoms with Crippen LogP contribution in [0.4, 0.5) is 5.69 Å². The highest BCUT2D eigenvalue weighted by Gasteiger charge is 2.35. The van der Waals surface area contributed by atoms with Crippen molar-refractivity contribution in [1.29, 1.82) is 0 Å². The highest BCUT2D eigenvalue weighted by molar-refractivity contribution is 5.56. The Morgan fingerprint density at radius 2 is 1.95 bits per heavy atom. The molecule has 0 atom stereocenters. The van der Waals surface area contributed by atoms with E-state index in [0.717, 1.165) is 13.1 Å². The Morgan fingerprint density at radius 1 is 1.19 bits per heavy atom. The topological polar surface area (TPSA) is 15.3 Å². The van der Waals surface area contributed by atoms with Gasteiger partial charge in [0.1, 0.15) is 0 Å². The minimum Gasteiger partial charge on any atom is -0.371 e. The molecule has 1 aliphatic rings. The van der Waals surface area contributed by atoms with Crippen LogP contribution in [0.3, 0.4) is 0 Å². The van der Waals surface area contributed by atoms with Crippen LogP contribution in [0.15, 0.2) is 18.2 Å². The maximum absolute atomic E-state index is 3.56. The van der Waals surface area contributed by atoms with Gasteiger partial charge in [-0.15, -0.1) is 0 Å². The van der Waals surface area contributed by atoms with Crippen LogP contribution in [0.5, 0.6) is 0 Å². The number of nitrogens with zero attached hydrogens (tertiary/aromatic N) is 1. The predicted octanol–water partition coefficient (Wildman–Crippen LogP) is 4.51. The summed E-state index contributed by atoms with van der Waals surface area (Å²) in [5.74, 6) is 0. The lowest BCUT2D eigenvalue weighted by atomic mass is 9.82. The molecule has 1 fully saturated rings. The summed E-state index contributed by atoms with van der Waals surface area (Å²) in [6, 6.07) is 6.95. The molecule has 1 aromatic carbocycles. The number of hydrogen-bond donors (Lipinski definition) is 1. The highest BCUT2D eigenvalue weighted by Crippen LogP contribution is 2.40. The summed E-state index contributed by atoms with van der Waals surface area (Å²) in [5.41, 5.74) is 4.82. The van der Waals surface area contributed by atoms with Gasteiger partial charge >= 0.3 is 0 Å². The van der Waals surface area contributed by atoms with Crippen molar-refractivity contribution in [2.45, 2.75) is 59.9 Å². The summed E-state index contributed by atoms with van der Waals surface area (Å²) in [4.78, 5) is 2.62. The summed E-state index contributed by atoms with van der Waals surface area (Å²) >= 11 is 0. The number of nitrogens with one attached hydrogen (secondary N) is 1. The Labute approximate surface area is 130 Å². The van der Waals surface area contributed by atoms with Gasteiger partial charge in [0, 0.05) is 25.3 Å². The first-order valence-corrected chi connectivity index (χ1v) is 8.69. The van der Waals surface area contributed by atoms with Crippen LogP contribution in [0, 0.1) is 12.3 Å². The third-order valence-electron chi connectivity index (χ3n) is 5.26. The molecule has 0 bridgehead atoms. The minimum atomic E-state index is 0.541. The zero-order valence-electron chi connectivity index (χ0n) is 14.3. The molecule has 1 aromatic rings. The zero-order chi connectivity index (χ0) is 15.3. The van der Waals surface area contributed by atoms with Crippen LogP contribution >= 0.6 is 0 Å². The number of benzene rings is 1. The van der Waals surface area contributed by atoms with E-state index in [2.05, 4.69) is 56.1 Å². The Bertz CT molecular complexity index is 449. The standard InChI is InChI=1S/C19H32N2/c1-5-11-20-14-17-13-16(4)8-9-18(17)21-12-10-19(6-2,7-3)15-21/h8-9,13,20H,5-7,10-12,14-15H2,1-4H3. The molecule has 0 amide bonds. The van der Waals surface area contributed by atoms with E-state index in [9.17, 15) is 0 Å². The molecule has 0 spiro atoms. The molecule has 21 heavy (non-hydrogen) atoms. The molecule has 0 radical (unpaired) electrons. The molecule has 118 valence electrons. The Kier molecular flexibility index (Phi) is 5.69. The average Bonchev–Trinajstić information content (AvgIpc) is 2.93. The molecule has 1 aliphatic heterocycles. The van der Waals surface area contributed by atoms with Crippen molar-refractivity contribution < 1.29 is 0 Å². The summed E-state index contributed by atoms with van der Waals surface area (Å²) in [7, 11) is 0. The second kappa shape index (κ2) is 7.31. The van der Waals surface area contributed by atoms with Gasteiger partial charge in [-0.3, -0.25) is 0 Å². The summed E-state index contributed by atoms with van der Waals surface area (Å²) in [5, 5.41) is 3.56. The molecule has 1 saturated heterocycles. The molecule has 0 aromatic heterocycles. The summed E-state index contributed by atoms with van der Waals surface area (Å²) in [6.45, 7) is 13.7. The molecule has 0 saturated carbocycles. The second-order valence-electron chi connectivity index (χ2n) is 6.69. The van der Waals surface area contributed by atoms with Gasteiger partial charge in [0.2, 0.25) is 0 Å². The van der Waals surface area contributed by atoms with Crippen molar-refractivity contribution in [1.82, 2.24) is 5.32 Å². The quantitative estimate of drug-likeness (QED) is 0.743. The molecule has 0 unspecified atom stereocenters. The SMILES string of the molecule is CCCNCc1cc(C)ccc1N1CCC(CC)(CC)C1. The minimum absolute atomic E-state index is 0.541. The largest absolute Gasteiger partial charge is 0.371 e. The molecule has 2 nitrogen and oxygen atoms in total. The van der Waals surface area contributed by atoms with Gasteiger partial charge in [-0.1, -0.05) is 38.5 Å². The van der Waals surface area contributed by atoms with Crippen LogP contribution < -0.4 is 10.2 Å². The maximum Gasteiger partial charge on any atom is 0.0412 e. The van der Waals surface area contributed by atoms with Gasteiger partial charge in [-0.25, -0.2) is 0 Å². The monoisotopic (exact) mass is 288 g/mol. The van der Waals surface area contributed by atoms with Gasteiger partial charge in [-0.2, -0.15) is 0 Å². The van der Waals surface area contributed by atoms with Crippen LogP contribution in [0.1, 0.15) is 57.6 Å². The Balaban J connectivity index is 2.15. The maximum atomic E-state index is 3.56. The van der Waals surface area contributed by atoms with Gasteiger partial charge in [0.05, 0.1) is 0 Å². The molecule has 2 heteroatoms. The van der Waals surface area contributed by atoms with E-state index >= 15 is 0 Å². The summed E-state index contributed by atoms with van der Waals surface area (Å²) < 4.78 is 0. The van der Waals surface area contributed by atoms with Crippen LogP contribution in [0.2, 0.25) is 0 Å². The summed E-state index contributed by atoms with van der Waals surface area (Å²) in [6.07, 6.45) is 5.14. The van der Waals surface area contributed by atoms with Crippen LogP contribution in [-0.2, 0) is 6.54 Å². The van der Waals surface area contributed by atoms with E-state index < -0.39 is 0 Å². The highest BCUT2D eigenvalue weighted by atomic mass is 15.2. The number of anilines is 1. The van der Waals surface area contributed by atoms with E-state index in [-0.39, 0.29) is 0 Å². The molecular weight excluding hydrogens is 256 g/mol. The molecular formula is C19H32N2. The van der Waals surface area contributed by atoms with E-state index in [1.807, 2.05) is 0 Å². The van der Waals surface area contributed by atoms with Crippen molar-refractivity contribution in [3.63, 3.8) is 0 Å². The fourth-order valence-electron chi connectivity index (χ4n) is 3.53. The molecule has 0 aliphatic carbocycles. The fraction of sp³-hybridized carbons (Fsp3) is 0.684. The van der Waals surface area contributed by atoms with Crippen LogP contribution in [-0.4, -0.2) is 19.6 Å². The Morgan fingerprint density at radius 3 is 2.57 bits per heavy atom. The van der Waals surface area contributed by atoms with E-state index in [4.69, 9.17) is 0 Å². The first-order valence-electron chi connectivity index (χ1n) is 8.69. The second-order valence-corrected chi connectivity index (χ2v) is 6.69. The van der Waals surface area contributed by atoms with Crippen molar-refractivity contribution in [3.8, 4) is 0 Å². The van der Waals surface area contributed by atoms with Gasteiger partial charge in [0.15, 0.2) is 0 Å². The molecule has 1 N–H and O–H groups in total. The van der Waals surface area contributed by atoms with E-state index in [1.165, 1.54) is 55.6 Å². The van der Waals surface area contributed by atoms with Crippen molar-refractivity contribution >= 4 is 5.69 Å². The first-order chi connectivity index (χ1) is 10.1. The van der Waals surface area contributed by atoms with Crippen molar-refractivity contribution in [2.75, 3.05) is 24.5 Å². The van der Waals surface area contributed by atoms with Crippen molar-refractivity contribution in [2.24, 2.45) is 5.41 Å². The number of aryl methyl sites for hydroxylation is 1. The molecule has 2 rings (SSSR count). The zero-order valence-corrected chi connectivity index (χ0v) is 14.3.